The van der Waals surface area contributed by atoms with Crippen LogP contribution in [-0.4, -0.2) is 9.13 Å². The van der Waals surface area contributed by atoms with Crippen molar-refractivity contribution >= 4 is 49.3 Å². The van der Waals surface area contributed by atoms with E-state index in [-0.39, 0.29) is 11.3 Å². The number of rotatable bonds is 3. The van der Waals surface area contributed by atoms with Gasteiger partial charge in [0.15, 0.2) is 5.69 Å². The smallest absolute Gasteiger partial charge is 0.307 e. The Morgan fingerprint density at radius 1 is 0.540 bits per heavy atom. The van der Waals surface area contributed by atoms with Crippen molar-refractivity contribution in [3.8, 4) is 22.5 Å². The van der Waals surface area contributed by atoms with Gasteiger partial charge in [0.2, 0.25) is 0 Å². The summed E-state index contributed by atoms with van der Waals surface area (Å²) in [6.07, 6.45) is -9.86. The molecular weight excluding hydrogens is 648 g/mol. The van der Waals surface area contributed by atoms with E-state index in [9.17, 15) is 13.2 Å². The highest BCUT2D eigenvalue weighted by Gasteiger charge is 2.37. The van der Waals surface area contributed by atoms with E-state index >= 15 is 13.2 Å². The lowest BCUT2D eigenvalue weighted by Crippen LogP contribution is -2.12. The van der Waals surface area contributed by atoms with Crippen LogP contribution in [0.25, 0.3) is 71.0 Å². The monoisotopic (exact) mass is 673 g/mol. The quantitative estimate of drug-likeness (QED) is 0.131. The summed E-state index contributed by atoms with van der Waals surface area (Å²) in [6.45, 7) is 11.4. The van der Waals surface area contributed by atoms with Gasteiger partial charge in [0.1, 0.15) is 0 Å². The van der Waals surface area contributed by atoms with Gasteiger partial charge in [-0.25, -0.2) is 4.85 Å². The van der Waals surface area contributed by atoms with Crippen LogP contribution in [0, 0.1) is 20.4 Å². The van der Waals surface area contributed by atoms with E-state index in [4.69, 9.17) is 6.57 Å². The molecule has 0 fully saturated rings. The number of halogens is 6. The van der Waals surface area contributed by atoms with Crippen molar-refractivity contribution in [3.05, 3.63) is 149 Å². The van der Waals surface area contributed by atoms with Crippen molar-refractivity contribution in [1.82, 2.24) is 9.13 Å². The summed E-state index contributed by atoms with van der Waals surface area (Å²) in [6, 6.07) is 31.2. The van der Waals surface area contributed by atoms with Crippen LogP contribution >= 0.6 is 0 Å². The van der Waals surface area contributed by atoms with Crippen molar-refractivity contribution in [3.63, 3.8) is 0 Å². The summed E-state index contributed by atoms with van der Waals surface area (Å²) >= 11 is 0. The number of nitrogens with zero attached hydrogens (tertiary/aromatic N) is 3. The molecule has 0 spiro atoms. The molecule has 0 N–H and O–H groups in total. The van der Waals surface area contributed by atoms with Crippen LogP contribution in [0.3, 0.4) is 0 Å². The number of fused-ring (bicyclic) bond motifs is 6. The Kier molecular flexibility index (Phi) is 6.88. The summed E-state index contributed by atoms with van der Waals surface area (Å²) in [4.78, 5) is 3.18. The zero-order valence-corrected chi connectivity index (χ0v) is 26.6. The van der Waals surface area contributed by atoms with Gasteiger partial charge in [-0.2, -0.15) is 26.3 Å². The molecule has 0 saturated heterocycles. The van der Waals surface area contributed by atoms with Gasteiger partial charge in [0.05, 0.1) is 45.6 Å². The molecule has 0 atom stereocenters. The van der Waals surface area contributed by atoms with Gasteiger partial charge in [-0.05, 0) is 90.7 Å². The van der Waals surface area contributed by atoms with Crippen LogP contribution in [0.4, 0.5) is 32.0 Å². The van der Waals surface area contributed by atoms with Gasteiger partial charge in [-0.15, -0.1) is 0 Å². The van der Waals surface area contributed by atoms with Gasteiger partial charge in [0.25, 0.3) is 0 Å². The molecular formula is C41H25F6N3. The second-order valence-electron chi connectivity index (χ2n) is 12.4. The number of hydrogen-bond donors (Lipinski definition) is 0. The molecule has 2 aromatic heterocycles. The highest BCUT2D eigenvalue weighted by atomic mass is 19.4. The Labute approximate surface area is 282 Å². The summed E-state index contributed by atoms with van der Waals surface area (Å²) in [5.41, 5.74) is 1.63. The SMILES string of the molecule is [C-]#[N+]c1cc(-c2cc(-n3c4ccccc4c4c(C)cccc43)c(-n3c4ccccc4c4c(C)cccc43)cc2C(F)(F)F)cc(C(F)(F)F)c1. The molecule has 3 nitrogen and oxygen atoms in total. The molecule has 0 unspecified atom stereocenters. The van der Waals surface area contributed by atoms with E-state index < -0.39 is 34.7 Å². The van der Waals surface area contributed by atoms with Crippen molar-refractivity contribution in [2.75, 3.05) is 0 Å². The first-order valence-corrected chi connectivity index (χ1v) is 15.7. The van der Waals surface area contributed by atoms with E-state index in [0.29, 0.717) is 34.4 Å². The maximum atomic E-state index is 15.3. The van der Waals surface area contributed by atoms with E-state index in [1.807, 2.05) is 103 Å². The van der Waals surface area contributed by atoms with E-state index in [0.717, 1.165) is 50.3 Å². The van der Waals surface area contributed by atoms with Gasteiger partial charge < -0.3 is 9.13 Å². The first-order chi connectivity index (χ1) is 23.9. The van der Waals surface area contributed by atoms with Crippen LogP contribution in [0.5, 0.6) is 0 Å². The minimum absolute atomic E-state index is 0.194. The third kappa shape index (κ3) is 4.74. The van der Waals surface area contributed by atoms with E-state index in [1.165, 1.54) is 6.07 Å². The molecule has 50 heavy (non-hydrogen) atoms. The Morgan fingerprint density at radius 3 is 1.54 bits per heavy atom. The Balaban J connectivity index is 1.61. The highest BCUT2D eigenvalue weighted by molar-refractivity contribution is 6.13. The van der Waals surface area contributed by atoms with Crippen molar-refractivity contribution in [1.29, 1.82) is 0 Å². The van der Waals surface area contributed by atoms with Crippen LogP contribution in [0.1, 0.15) is 22.3 Å². The summed E-state index contributed by atoms with van der Waals surface area (Å²) < 4.78 is 91.8. The maximum Gasteiger partial charge on any atom is 0.417 e. The Morgan fingerprint density at radius 2 is 1.04 bits per heavy atom. The summed E-state index contributed by atoms with van der Waals surface area (Å²) in [5, 5.41) is 3.51. The predicted octanol–water partition coefficient (Wildman–Crippen LogP) is 12.8. The molecule has 8 rings (SSSR count). The molecule has 6 aromatic carbocycles. The highest BCUT2D eigenvalue weighted by Crippen LogP contribution is 2.46. The zero-order valence-electron chi connectivity index (χ0n) is 26.6. The van der Waals surface area contributed by atoms with E-state index in [1.54, 1.807) is 4.57 Å². The molecule has 8 aromatic rings. The molecule has 0 aliphatic carbocycles. The molecule has 0 aliphatic rings. The molecule has 0 radical (unpaired) electrons. The Hall–Kier alpha value is -6.01. The minimum Gasteiger partial charge on any atom is -0.307 e. The lowest BCUT2D eigenvalue weighted by molar-refractivity contribution is -0.137. The molecule has 0 bridgehead atoms. The summed E-state index contributed by atoms with van der Waals surface area (Å²) in [5.74, 6) is 0. The third-order valence-corrected chi connectivity index (χ3v) is 9.40. The van der Waals surface area contributed by atoms with Gasteiger partial charge in [-0.3, -0.25) is 0 Å². The van der Waals surface area contributed by atoms with Crippen LogP contribution in [0.15, 0.2) is 115 Å². The van der Waals surface area contributed by atoms with Crippen molar-refractivity contribution in [2.45, 2.75) is 26.2 Å². The number of para-hydroxylation sites is 2. The molecule has 9 heteroatoms. The first kappa shape index (κ1) is 31.3. The first-order valence-electron chi connectivity index (χ1n) is 15.7. The standard InChI is InChI=1S/C41H25F6N3/c1-23-10-8-16-34-38(23)28-12-4-6-14-32(28)49(34)36-21-30(25-18-26(40(42,43)44)20-27(19-25)48-3)31(41(45,46)47)22-37(36)50-33-15-7-5-13-29(33)39-24(2)11-9-17-35(39)50/h4-22H,1-2H3. The lowest BCUT2D eigenvalue weighted by Gasteiger charge is -2.22. The maximum absolute atomic E-state index is 15.3. The second-order valence-corrected chi connectivity index (χ2v) is 12.4. The third-order valence-electron chi connectivity index (χ3n) is 9.40. The lowest BCUT2D eigenvalue weighted by atomic mass is 9.95. The average molecular weight is 674 g/mol. The molecule has 0 aliphatic heterocycles. The second kappa shape index (κ2) is 11.0. The number of aromatic nitrogens is 2. The molecule has 2 heterocycles. The predicted molar refractivity (Wildman–Crippen MR) is 186 cm³/mol. The number of alkyl halides is 6. The number of hydrogen-bond acceptors (Lipinski definition) is 0. The molecule has 0 saturated carbocycles. The largest absolute Gasteiger partial charge is 0.417 e. The van der Waals surface area contributed by atoms with Gasteiger partial charge >= 0.3 is 12.4 Å². The number of aryl methyl sites for hydroxylation is 2. The normalized spacial score (nSPS) is 12.4. The van der Waals surface area contributed by atoms with Gasteiger partial charge in [-0.1, -0.05) is 60.7 Å². The fourth-order valence-corrected chi connectivity index (χ4v) is 7.32. The minimum atomic E-state index is -4.97. The fraction of sp³-hybridized carbons (Fsp3) is 0.0976. The number of benzene rings is 6. The topological polar surface area (TPSA) is 14.2 Å². The van der Waals surface area contributed by atoms with E-state index in [2.05, 4.69) is 4.85 Å². The average Bonchev–Trinajstić information content (AvgIpc) is 3.61. The van der Waals surface area contributed by atoms with Crippen LogP contribution in [0.2, 0.25) is 0 Å². The molecule has 246 valence electrons. The zero-order chi connectivity index (χ0) is 35.1. The van der Waals surface area contributed by atoms with Crippen LogP contribution in [-0.2, 0) is 12.4 Å². The van der Waals surface area contributed by atoms with Crippen molar-refractivity contribution in [2.24, 2.45) is 0 Å². The Bertz CT molecular complexity index is 2720. The van der Waals surface area contributed by atoms with Crippen LogP contribution < -0.4 is 0 Å². The van der Waals surface area contributed by atoms with Gasteiger partial charge in [0, 0.05) is 27.1 Å². The van der Waals surface area contributed by atoms with Crippen molar-refractivity contribution < 1.29 is 26.3 Å². The molecule has 0 amide bonds. The fourth-order valence-electron chi connectivity index (χ4n) is 7.32. The summed E-state index contributed by atoms with van der Waals surface area (Å²) in [7, 11) is 0.